The highest BCUT2D eigenvalue weighted by Gasteiger charge is 2.13. The molecule has 1 aromatic heterocycles. The zero-order valence-electron chi connectivity index (χ0n) is 11.5. The molecule has 0 unspecified atom stereocenters. The summed E-state index contributed by atoms with van der Waals surface area (Å²) in [5.74, 6) is -0.368. The van der Waals surface area contributed by atoms with Gasteiger partial charge in [-0.3, -0.25) is 4.79 Å². The van der Waals surface area contributed by atoms with Crippen molar-refractivity contribution in [1.29, 1.82) is 0 Å². The molecule has 21 heavy (non-hydrogen) atoms. The molecule has 1 aromatic carbocycles. The predicted molar refractivity (Wildman–Crippen MR) is 78.5 cm³/mol. The SMILES string of the molecule is CS(=O)(=O)c1cc(N)cc(C(=O)NCCn2ccnc2)c1. The highest BCUT2D eigenvalue weighted by molar-refractivity contribution is 7.90. The van der Waals surface area contributed by atoms with Gasteiger partial charge >= 0.3 is 0 Å². The molecule has 0 spiro atoms. The van der Waals surface area contributed by atoms with E-state index in [-0.39, 0.29) is 22.1 Å². The summed E-state index contributed by atoms with van der Waals surface area (Å²) in [6.45, 7) is 0.977. The molecule has 1 heterocycles. The van der Waals surface area contributed by atoms with E-state index < -0.39 is 9.84 Å². The van der Waals surface area contributed by atoms with Crippen molar-refractivity contribution in [3.05, 3.63) is 42.5 Å². The Balaban J connectivity index is 2.07. The fraction of sp³-hybridized carbons (Fsp3) is 0.231. The Hall–Kier alpha value is -2.35. The lowest BCUT2D eigenvalue weighted by molar-refractivity contribution is 0.0952. The highest BCUT2D eigenvalue weighted by Crippen LogP contribution is 2.16. The molecular formula is C13H16N4O3S. The number of amides is 1. The van der Waals surface area contributed by atoms with E-state index in [9.17, 15) is 13.2 Å². The number of benzene rings is 1. The smallest absolute Gasteiger partial charge is 0.251 e. The summed E-state index contributed by atoms with van der Waals surface area (Å²) >= 11 is 0. The van der Waals surface area contributed by atoms with Crippen molar-refractivity contribution in [2.45, 2.75) is 11.4 Å². The number of nitrogens with one attached hydrogen (secondary N) is 1. The van der Waals surface area contributed by atoms with Gasteiger partial charge in [0.25, 0.3) is 5.91 Å². The number of nitrogen functional groups attached to an aromatic ring is 1. The molecule has 0 saturated carbocycles. The number of hydrogen-bond donors (Lipinski definition) is 2. The fourth-order valence-corrected chi connectivity index (χ4v) is 2.48. The van der Waals surface area contributed by atoms with Crippen LogP contribution in [0.25, 0.3) is 0 Å². The molecule has 2 aromatic rings. The summed E-state index contributed by atoms with van der Waals surface area (Å²) in [4.78, 5) is 15.9. The Kier molecular flexibility index (Phi) is 4.27. The van der Waals surface area contributed by atoms with Crippen LogP contribution in [-0.4, -0.2) is 36.7 Å². The van der Waals surface area contributed by atoms with Crippen molar-refractivity contribution in [2.24, 2.45) is 0 Å². The lowest BCUT2D eigenvalue weighted by Crippen LogP contribution is -2.27. The molecule has 2 rings (SSSR count). The third-order valence-corrected chi connectivity index (χ3v) is 3.93. The molecule has 0 aliphatic rings. The Morgan fingerprint density at radius 1 is 1.38 bits per heavy atom. The van der Waals surface area contributed by atoms with Gasteiger partial charge in [0.2, 0.25) is 0 Å². The van der Waals surface area contributed by atoms with Gasteiger partial charge in [-0.2, -0.15) is 0 Å². The van der Waals surface area contributed by atoms with Gasteiger partial charge in [-0.05, 0) is 18.2 Å². The monoisotopic (exact) mass is 308 g/mol. The maximum Gasteiger partial charge on any atom is 0.251 e. The third kappa shape index (κ3) is 4.06. The van der Waals surface area contributed by atoms with E-state index >= 15 is 0 Å². The van der Waals surface area contributed by atoms with E-state index in [0.717, 1.165) is 6.26 Å². The lowest BCUT2D eigenvalue weighted by Gasteiger charge is -2.08. The molecule has 7 nitrogen and oxygen atoms in total. The van der Waals surface area contributed by atoms with E-state index in [1.165, 1.54) is 18.2 Å². The van der Waals surface area contributed by atoms with Crippen molar-refractivity contribution >= 4 is 21.4 Å². The second-order valence-electron chi connectivity index (χ2n) is 4.62. The molecule has 0 aliphatic carbocycles. The summed E-state index contributed by atoms with van der Waals surface area (Å²) in [5.41, 5.74) is 6.10. The molecule has 8 heteroatoms. The lowest BCUT2D eigenvalue weighted by atomic mass is 10.2. The van der Waals surface area contributed by atoms with Crippen LogP contribution in [0.15, 0.2) is 41.8 Å². The zero-order chi connectivity index (χ0) is 15.5. The third-order valence-electron chi connectivity index (χ3n) is 2.83. The first-order valence-corrected chi connectivity index (χ1v) is 8.10. The summed E-state index contributed by atoms with van der Waals surface area (Å²) in [6, 6.07) is 4.09. The molecule has 3 N–H and O–H groups in total. The number of carbonyl (C=O) groups excluding carboxylic acids is 1. The van der Waals surface area contributed by atoms with Crippen LogP contribution in [0, 0.1) is 0 Å². The average molecular weight is 308 g/mol. The number of sulfone groups is 1. The number of nitrogens with zero attached hydrogens (tertiary/aromatic N) is 2. The number of hydrogen-bond acceptors (Lipinski definition) is 5. The van der Waals surface area contributed by atoms with Crippen LogP contribution in [0.2, 0.25) is 0 Å². The van der Waals surface area contributed by atoms with Gasteiger partial charge in [0.05, 0.1) is 11.2 Å². The first-order chi connectivity index (χ1) is 9.86. The van der Waals surface area contributed by atoms with E-state index in [1.54, 1.807) is 18.7 Å². The standard InChI is InChI=1S/C13H16N4O3S/c1-21(19,20)12-7-10(6-11(14)8-12)13(18)16-3-5-17-4-2-15-9-17/h2,4,6-9H,3,5,14H2,1H3,(H,16,18). The van der Waals surface area contributed by atoms with Crippen LogP contribution in [0.4, 0.5) is 5.69 Å². The number of aromatic nitrogens is 2. The quantitative estimate of drug-likeness (QED) is 0.772. The van der Waals surface area contributed by atoms with Gasteiger partial charge in [0.15, 0.2) is 9.84 Å². The minimum absolute atomic E-state index is 0.0299. The van der Waals surface area contributed by atoms with Gasteiger partial charge in [0, 0.05) is 43.0 Å². The fourth-order valence-electron chi connectivity index (χ4n) is 1.79. The van der Waals surface area contributed by atoms with Crippen molar-refractivity contribution in [3.63, 3.8) is 0 Å². The van der Waals surface area contributed by atoms with Crippen molar-refractivity contribution in [1.82, 2.24) is 14.9 Å². The van der Waals surface area contributed by atoms with Crippen LogP contribution >= 0.6 is 0 Å². The van der Waals surface area contributed by atoms with Gasteiger partial charge in [-0.15, -0.1) is 0 Å². The van der Waals surface area contributed by atoms with Crippen LogP contribution in [0.5, 0.6) is 0 Å². The normalized spacial score (nSPS) is 11.3. The molecule has 0 bridgehead atoms. The largest absolute Gasteiger partial charge is 0.399 e. The summed E-state index contributed by atoms with van der Waals surface area (Å²) < 4.78 is 24.9. The summed E-state index contributed by atoms with van der Waals surface area (Å²) in [5, 5.41) is 2.71. The Labute approximate surface area is 122 Å². The molecule has 0 saturated heterocycles. The minimum Gasteiger partial charge on any atom is -0.399 e. The Morgan fingerprint density at radius 2 is 2.14 bits per heavy atom. The number of anilines is 1. The molecule has 112 valence electrons. The van der Waals surface area contributed by atoms with E-state index in [1.807, 2.05) is 4.57 Å². The average Bonchev–Trinajstić information content (AvgIpc) is 2.90. The summed E-state index contributed by atoms with van der Waals surface area (Å²) in [6.07, 6.45) is 6.16. The Morgan fingerprint density at radius 3 is 2.76 bits per heavy atom. The number of carbonyl (C=O) groups is 1. The van der Waals surface area contributed by atoms with E-state index in [2.05, 4.69) is 10.3 Å². The van der Waals surface area contributed by atoms with Crippen molar-refractivity contribution in [2.75, 3.05) is 18.5 Å². The number of nitrogens with two attached hydrogens (primary N) is 1. The van der Waals surface area contributed by atoms with Crippen LogP contribution in [0.3, 0.4) is 0 Å². The minimum atomic E-state index is -3.41. The number of imidazole rings is 1. The Bertz CT molecular complexity index is 739. The first-order valence-electron chi connectivity index (χ1n) is 6.21. The molecule has 0 atom stereocenters. The topological polar surface area (TPSA) is 107 Å². The van der Waals surface area contributed by atoms with Gasteiger partial charge < -0.3 is 15.6 Å². The van der Waals surface area contributed by atoms with Gasteiger partial charge in [-0.1, -0.05) is 0 Å². The zero-order valence-corrected chi connectivity index (χ0v) is 12.3. The molecule has 0 radical (unpaired) electrons. The molecule has 0 fully saturated rings. The van der Waals surface area contributed by atoms with Gasteiger partial charge in [0.1, 0.15) is 0 Å². The van der Waals surface area contributed by atoms with Crippen molar-refractivity contribution < 1.29 is 13.2 Å². The highest BCUT2D eigenvalue weighted by atomic mass is 32.2. The van der Waals surface area contributed by atoms with Crippen LogP contribution in [-0.2, 0) is 16.4 Å². The second-order valence-corrected chi connectivity index (χ2v) is 6.64. The van der Waals surface area contributed by atoms with Crippen LogP contribution < -0.4 is 11.1 Å². The van der Waals surface area contributed by atoms with Crippen molar-refractivity contribution in [3.8, 4) is 0 Å². The van der Waals surface area contributed by atoms with Gasteiger partial charge in [-0.25, -0.2) is 13.4 Å². The predicted octanol–water partition coefficient (Wildman–Crippen LogP) is 0.299. The summed E-state index contributed by atoms with van der Waals surface area (Å²) in [7, 11) is -3.41. The van der Waals surface area contributed by atoms with Crippen LogP contribution in [0.1, 0.15) is 10.4 Å². The molecular weight excluding hydrogens is 292 g/mol. The molecule has 0 aliphatic heterocycles. The molecule has 1 amide bonds. The number of rotatable bonds is 5. The van der Waals surface area contributed by atoms with E-state index in [0.29, 0.717) is 13.1 Å². The maximum absolute atomic E-state index is 12.0. The maximum atomic E-state index is 12.0. The van der Waals surface area contributed by atoms with E-state index in [4.69, 9.17) is 5.73 Å². The second kappa shape index (κ2) is 5.96. The first kappa shape index (κ1) is 15.0.